The maximum atomic E-state index is 5.37. The lowest BCUT2D eigenvalue weighted by molar-refractivity contribution is 0.128. The number of anilines is 1. The molecule has 2 aromatic rings. The van der Waals surface area contributed by atoms with Gasteiger partial charge in [-0.15, -0.1) is 11.3 Å². The highest BCUT2D eigenvalue weighted by molar-refractivity contribution is 8.01. The first-order chi connectivity index (χ1) is 9.31. The van der Waals surface area contributed by atoms with Crippen molar-refractivity contribution >= 4 is 28.9 Å². The van der Waals surface area contributed by atoms with Crippen LogP contribution in [-0.2, 0) is 11.3 Å². The molecule has 0 saturated carbocycles. The molecule has 0 atom stereocenters. The van der Waals surface area contributed by atoms with E-state index in [-0.39, 0.29) is 0 Å². The van der Waals surface area contributed by atoms with Crippen LogP contribution >= 0.6 is 23.1 Å². The van der Waals surface area contributed by atoms with Crippen LogP contribution in [0.5, 0.6) is 0 Å². The van der Waals surface area contributed by atoms with Gasteiger partial charge in [-0.1, -0.05) is 0 Å². The van der Waals surface area contributed by atoms with Gasteiger partial charge in [0, 0.05) is 30.8 Å². The Kier molecular flexibility index (Phi) is 5.56. The van der Waals surface area contributed by atoms with Gasteiger partial charge in [-0.25, -0.2) is 15.0 Å². The van der Waals surface area contributed by atoms with Gasteiger partial charge in [0.15, 0.2) is 10.2 Å². The Morgan fingerprint density at radius 1 is 1.37 bits per heavy atom. The summed E-state index contributed by atoms with van der Waals surface area (Å²) in [6, 6.07) is 1.94. The molecule has 0 aliphatic rings. The van der Waals surface area contributed by atoms with E-state index in [9.17, 15) is 0 Å². The predicted molar refractivity (Wildman–Crippen MR) is 77.8 cm³/mol. The Balaban J connectivity index is 2.17. The third-order valence-corrected chi connectivity index (χ3v) is 3.95. The van der Waals surface area contributed by atoms with E-state index in [0.29, 0.717) is 19.0 Å². The van der Waals surface area contributed by atoms with Gasteiger partial charge in [0.1, 0.15) is 17.5 Å². The molecule has 2 heterocycles. The first-order valence-corrected chi connectivity index (χ1v) is 7.78. The summed E-state index contributed by atoms with van der Waals surface area (Å²) in [6.07, 6.45) is 1.79. The standard InChI is InChI=1S/C12H16N4OS2/c1-3-13-9-7-11(19-12-14-5-6-18-12)16-10(15-9)8-17-4-2/h5-7H,3-4,8H2,1-2H3,(H,13,15,16). The van der Waals surface area contributed by atoms with Gasteiger partial charge in [0.05, 0.1) is 0 Å². The van der Waals surface area contributed by atoms with Crippen molar-refractivity contribution in [3.63, 3.8) is 0 Å². The lowest BCUT2D eigenvalue weighted by atomic mass is 10.5. The van der Waals surface area contributed by atoms with Crippen LogP contribution in [0.15, 0.2) is 27.0 Å². The normalized spacial score (nSPS) is 10.6. The number of nitrogens with one attached hydrogen (secondary N) is 1. The average molecular weight is 296 g/mol. The predicted octanol–water partition coefficient (Wildman–Crippen LogP) is 3.05. The number of rotatable bonds is 7. The maximum absolute atomic E-state index is 5.37. The first kappa shape index (κ1) is 14.2. The highest BCUT2D eigenvalue weighted by Crippen LogP contribution is 2.28. The monoisotopic (exact) mass is 296 g/mol. The van der Waals surface area contributed by atoms with Crippen LogP contribution in [-0.4, -0.2) is 28.1 Å². The van der Waals surface area contributed by atoms with Crippen molar-refractivity contribution in [2.45, 2.75) is 29.8 Å². The second kappa shape index (κ2) is 7.42. The zero-order chi connectivity index (χ0) is 13.5. The highest BCUT2D eigenvalue weighted by atomic mass is 32.2. The Bertz CT molecular complexity index is 504. The van der Waals surface area contributed by atoms with Crippen LogP contribution in [0.1, 0.15) is 19.7 Å². The Morgan fingerprint density at radius 3 is 2.95 bits per heavy atom. The lowest BCUT2D eigenvalue weighted by Crippen LogP contribution is -2.05. The van der Waals surface area contributed by atoms with Gasteiger partial charge >= 0.3 is 0 Å². The second-order valence-corrected chi connectivity index (χ2v) is 5.74. The Labute approximate surface area is 120 Å². The van der Waals surface area contributed by atoms with Crippen molar-refractivity contribution in [2.24, 2.45) is 0 Å². The molecule has 0 spiro atoms. The summed E-state index contributed by atoms with van der Waals surface area (Å²) in [7, 11) is 0. The van der Waals surface area contributed by atoms with Crippen LogP contribution in [0.25, 0.3) is 0 Å². The van der Waals surface area contributed by atoms with E-state index in [1.54, 1.807) is 29.3 Å². The van der Waals surface area contributed by atoms with Gasteiger partial charge in [0.25, 0.3) is 0 Å². The first-order valence-electron chi connectivity index (χ1n) is 6.08. The molecule has 2 aromatic heterocycles. The number of hydrogen-bond acceptors (Lipinski definition) is 7. The topological polar surface area (TPSA) is 59.9 Å². The maximum Gasteiger partial charge on any atom is 0.157 e. The minimum absolute atomic E-state index is 0.432. The fraction of sp³-hybridized carbons (Fsp3) is 0.417. The van der Waals surface area contributed by atoms with Crippen molar-refractivity contribution in [3.05, 3.63) is 23.5 Å². The smallest absolute Gasteiger partial charge is 0.157 e. The highest BCUT2D eigenvalue weighted by Gasteiger charge is 2.07. The van der Waals surface area contributed by atoms with E-state index in [1.807, 2.05) is 25.3 Å². The van der Waals surface area contributed by atoms with Crippen molar-refractivity contribution in [1.29, 1.82) is 0 Å². The van der Waals surface area contributed by atoms with Crippen LogP contribution in [0.2, 0.25) is 0 Å². The molecule has 5 nitrogen and oxygen atoms in total. The van der Waals surface area contributed by atoms with Gasteiger partial charge in [-0.05, 0) is 25.6 Å². The molecule has 0 fully saturated rings. The van der Waals surface area contributed by atoms with Crippen molar-refractivity contribution in [3.8, 4) is 0 Å². The van der Waals surface area contributed by atoms with Gasteiger partial charge in [-0.2, -0.15) is 0 Å². The van der Waals surface area contributed by atoms with Crippen LogP contribution in [0.4, 0.5) is 5.82 Å². The molecule has 0 bridgehead atoms. The van der Waals surface area contributed by atoms with E-state index in [4.69, 9.17) is 4.74 Å². The van der Waals surface area contributed by atoms with Gasteiger partial charge in [0.2, 0.25) is 0 Å². The van der Waals surface area contributed by atoms with E-state index in [0.717, 1.165) is 21.7 Å². The second-order valence-electron chi connectivity index (χ2n) is 3.58. The van der Waals surface area contributed by atoms with Gasteiger partial charge in [-0.3, -0.25) is 0 Å². The van der Waals surface area contributed by atoms with E-state index >= 15 is 0 Å². The van der Waals surface area contributed by atoms with Crippen molar-refractivity contribution in [1.82, 2.24) is 15.0 Å². The summed E-state index contributed by atoms with van der Waals surface area (Å²) in [5.74, 6) is 1.52. The quantitative estimate of drug-likeness (QED) is 0.792. The van der Waals surface area contributed by atoms with E-state index < -0.39 is 0 Å². The third-order valence-electron chi connectivity index (χ3n) is 2.14. The number of nitrogens with zero attached hydrogens (tertiary/aromatic N) is 3. The molecule has 0 saturated heterocycles. The summed E-state index contributed by atoms with van der Waals surface area (Å²) < 4.78 is 6.34. The zero-order valence-corrected chi connectivity index (χ0v) is 12.6. The van der Waals surface area contributed by atoms with Crippen LogP contribution in [0.3, 0.4) is 0 Å². The number of hydrogen-bond donors (Lipinski definition) is 1. The summed E-state index contributed by atoms with van der Waals surface area (Å²) in [4.78, 5) is 13.1. The molecule has 0 aromatic carbocycles. The molecular weight excluding hydrogens is 280 g/mol. The molecule has 7 heteroatoms. The van der Waals surface area contributed by atoms with E-state index in [1.165, 1.54) is 0 Å². The SMILES string of the molecule is CCNc1cc(Sc2nccs2)nc(COCC)n1. The molecule has 19 heavy (non-hydrogen) atoms. The van der Waals surface area contributed by atoms with Crippen molar-refractivity contribution < 1.29 is 4.74 Å². The molecule has 0 aliphatic carbocycles. The minimum atomic E-state index is 0.432. The number of aromatic nitrogens is 3. The molecular formula is C12H16N4OS2. The van der Waals surface area contributed by atoms with Gasteiger partial charge < -0.3 is 10.1 Å². The number of ether oxygens (including phenoxy) is 1. The summed E-state index contributed by atoms with van der Waals surface area (Å²) in [5.41, 5.74) is 0. The molecule has 0 amide bonds. The largest absolute Gasteiger partial charge is 0.374 e. The third kappa shape index (κ3) is 4.45. The molecule has 0 radical (unpaired) electrons. The Hall–Kier alpha value is -1.18. The molecule has 1 N–H and O–H groups in total. The lowest BCUT2D eigenvalue weighted by Gasteiger charge is -2.07. The minimum Gasteiger partial charge on any atom is -0.374 e. The van der Waals surface area contributed by atoms with Crippen molar-refractivity contribution in [2.75, 3.05) is 18.5 Å². The van der Waals surface area contributed by atoms with Crippen LogP contribution in [0, 0.1) is 0 Å². The fourth-order valence-corrected chi connectivity index (χ4v) is 2.99. The fourth-order valence-electron chi connectivity index (χ4n) is 1.40. The van der Waals surface area contributed by atoms with E-state index in [2.05, 4.69) is 20.3 Å². The zero-order valence-electron chi connectivity index (χ0n) is 10.9. The molecule has 0 unspecified atom stereocenters. The summed E-state index contributed by atoms with van der Waals surface area (Å²) in [5, 5.41) is 6.05. The molecule has 0 aliphatic heterocycles. The number of thiazole rings is 1. The molecule has 102 valence electrons. The Morgan fingerprint density at radius 2 is 2.26 bits per heavy atom. The molecule has 2 rings (SSSR count). The summed E-state index contributed by atoms with van der Waals surface area (Å²) in [6.45, 7) is 5.91. The average Bonchev–Trinajstić information content (AvgIpc) is 2.89. The summed E-state index contributed by atoms with van der Waals surface area (Å²) >= 11 is 3.14. The van der Waals surface area contributed by atoms with Crippen LogP contribution < -0.4 is 5.32 Å².